The van der Waals surface area contributed by atoms with Crippen LogP contribution in [0, 0.1) is 0 Å². The Morgan fingerprint density at radius 3 is 2.36 bits per heavy atom. The summed E-state index contributed by atoms with van der Waals surface area (Å²) in [5, 5.41) is 1.63. The van der Waals surface area contributed by atoms with Gasteiger partial charge < -0.3 is 9.15 Å². The van der Waals surface area contributed by atoms with Gasteiger partial charge in [0.1, 0.15) is 17.1 Å². The molecule has 0 aliphatic heterocycles. The Hall–Kier alpha value is -3.66. The van der Waals surface area contributed by atoms with Crippen LogP contribution in [0.25, 0.3) is 22.3 Å². The van der Waals surface area contributed by atoms with E-state index < -0.39 is 0 Å². The third-order valence-corrected chi connectivity index (χ3v) is 4.53. The summed E-state index contributed by atoms with van der Waals surface area (Å²) in [5.41, 5.74) is 3.13. The molecule has 0 bridgehead atoms. The molecule has 28 heavy (non-hydrogen) atoms. The van der Waals surface area contributed by atoms with Gasteiger partial charge in [-0.2, -0.15) is 0 Å². The van der Waals surface area contributed by atoms with E-state index in [2.05, 4.69) is 0 Å². The number of carbonyl (C=O) groups is 1. The lowest BCUT2D eigenvalue weighted by Crippen LogP contribution is -2.03. The van der Waals surface area contributed by atoms with Crippen LogP contribution < -0.4 is 10.1 Å². The molecule has 0 saturated heterocycles. The zero-order chi connectivity index (χ0) is 19.5. The van der Waals surface area contributed by atoms with E-state index in [4.69, 9.17) is 14.1 Å². The molecule has 0 aliphatic rings. The highest BCUT2D eigenvalue weighted by molar-refractivity contribution is 5.94. The van der Waals surface area contributed by atoms with Gasteiger partial charge in [-0.05, 0) is 49.4 Å². The fourth-order valence-electron chi connectivity index (χ4n) is 3.02. The van der Waals surface area contributed by atoms with Gasteiger partial charge in [-0.3, -0.25) is 4.79 Å². The minimum Gasteiger partial charge on any atom is -0.497 e. The minimum absolute atomic E-state index is 0.0339. The maximum Gasteiger partial charge on any atom is 0.159 e. The summed E-state index contributed by atoms with van der Waals surface area (Å²) in [5.74, 6) is 1.50. The lowest BCUT2D eigenvalue weighted by Gasteiger charge is -2.07. The maximum atomic E-state index is 11.5. The van der Waals surface area contributed by atoms with Crippen molar-refractivity contribution in [2.24, 2.45) is 4.99 Å². The van der Waals surface area contributed by atoms with Crippen LogP contribution >= 0.6 is 0 Å². The summed E-state index contributed by atoms with van der Waals surface area (Å²) < 4.78 is 11.5. The lowest BCUT2D eigenvalue weighted by molar-refractivity contribution is 0.101. The second-order valence-electron chi connectivity index (χ2n) is 6.44. The van der Waals surface area contributed by atoms with Crippen LogP contribution in [0.1, 0.15) is 17.3 Å². The summed E-state index contributed by atoms with van der Waals surface area (Å²) in [6.07, 6.45) is 0. The van der Waals surface area contributed by atoms with E-state index in [1.807, 2.05) is 66.7 Å². The topological polar surface area (TPSA) is 51.8 Å². The smallest absolute Gasteiger partial charge is 0.159 e. The first-order valence-electron chi connectivity index (χ1n) is 8.97. The first-order chi connectivity index (χ1) is 13.6. The van der Waals surface area contributed by atoms with E-state index in [0.717, 1.165) is 39.1 Å². The molecule has 0 saturated carbocycles. The van der Waals surface area contributed by atoms with Crippen molar-refractivity contribution in [2.45, 2.75) is 6.92 Å². The number of fused-ring (bicyclic) bond motifs is 1. The van der Waals surface area contributed by atoms with Crippen molar-refractivity contribution < 1.29 is 13.9 Å². The summed E-state index contributed by atoms with van der Waals surface area (Å²) in [6, 6.07) is 24.8. The Morgan fingerprint density at radius 2 is 1.68 bits per heavy atom. The fourth-order valence-corrected chi connectivity index (χ4v) is 3.02. The average molecular weight is 369 g/mol. The van der Waals surface area contributed by atoms with Crippen LogP contribution in [-0.4, -0.2) is 12.9 Å². The second-order valence-corrected chi connectivity index (χ2v) is 6.44. The fraction of sp³-hybridized carbons (Fsp3) is 0.0833. The highest BCUT2D eigenvalue weighted by Gasteiger charge is 2.07. The number of rotatable bonds is 4. The molecule has 0 amide bonds. The number of benzene rings is 3. The number of ketones is 1. The van der Waals surface area contributed by atoms with Gasteiger partial charge in [0.05, 0.1) is 18.2 Å². The van der Waals surface area contributed by atoms with Gasteiger partial charge in [-0.1, -0.05) is 30.3 Å². The standard InChI is InChI=1S/C24H19NO3/c1-16(26)17-8-10-19(11-9-17)25-22-15-24(18-6-4-3-5-7-18)28-23-13-12-20(27-2)14-21(22)23/h3-15H,1-2H3. The van der Waals surface area contributed by atoms with Gasteiger partial charge in [0, 0.05) is 22.6 Å². The minimum atomic E-state index is 0.0339. The summed E-state index contributed by atoms with van der Waals surface area (Å²) in [7, 11) is 1.63. The number of Topliss-reactive ketones (excluding diaryl/α,β-unsaturated/α-hetero) is 1. The summed E-state index contributed by atoms with van der Waals surface area (Å²) in [4.78, 5) is 16.3. The van der Waals surface area contributed by atoms with Crippen LogP contribution in [0.2, 0.25) is 0 Å². The Labute approximate surface area is 162 Å². The zero-order valence-corrected chi connectivity index (χ0v) is 15.7. The van der Waals surface area contributed by atoms with Gasteiger partial charge in [-0.15, -0.1) is 0 Å². The first kappa shape index (κ1) is 17.7. The van der Waals surface area contributed by atoms with Gasteiger partial charge in [0.25, 0.3) is 0 Å². The number of hydrogen-bond donors (Lipinski definition) is 0. The van der Waals surface area contributed by atoms with Crippen LogP contribution in [0.15, 0.2) is 88.3 Å². The van der Waals surface area contributed by atoms with Crippen molar-refractivity contribution in [3.63, 3.8) is 0 Å². The average Bonchev–Trinajstić information content (AvgIpc) is 2.74. The van der Waals surface area contributed by atoms with E-state index in [9.17, 15) is 4.79 Å². The van der Waals surface area contributed by atoms with E-state index in [0.29, 0.717) is 5.56 Å². The molecule has 3 aromatic carbocycles. The molecule has 4 heteroatoms. The lowest BCUT2D eigenvalue weighted by atomic mass is 10.1. The van der Waals surface area contributed by atoms with Crippen LogP contribution in [0.3, 0.4) is 0 Å². The molecule has 0 radical (unpaired) electrons. The number of nitrogens with zero attached hydrogens (tertiary/aromatic N) is 1. The van der Waals surface area contributed by atoms with Crippen molar-refractivity contribution in [1.29, 1.82) is 0 Å². The van der Waals surface area contributed by atoms with Crippen molar-refractivity contribution in [3.05, 3.63) is 89.8 Å². The maximum absolute atomic E-state index is 11.5. The van der Waals surface area contributed by atoms with Gasteiger partial charge in [0.15, 0.2) is 5.78 Å². The van der Waals surface area contributed by atoms with E-state index in [1.54, 1.807) is 26.2 Å². The van der Waals surface area contributed by atoms with Crippen LogP contribution in [0.5, 0.6) is 5.75 Å². The largest absolute Gasteiger partial charge is 0.497 e. The third kappa shape index (κ3) is 3.58. The van der Waals surface area contributed by atoms with E-state index in [1.165, 1.54) is 0 Å². The zero-order valence-electron chi connectivity index (χ0n) is 15.7. The van der Waals surface area contributed by atoms with E-state index in [-0.39, 0.29) is 5.78 Å². The monoisotopic (exact) mass is 369 g/mol. The SMILES string of the molecule is COc1ccc2oc(-c3ccccc3)cc(=Nc3ccc(C(C)=O)cc3)c2c1. The quantitative estimate of drug-likeness (QED) is 0.444. The van der Waals surface area contributed by atoms with Crippen molar-refractivity contribution >= 4 is 22.4 Å². The first-order valence-corrected chi connectivity index (χ1v) is 8.97. The second kappa shape index (κ2) is 7.53. The molecular weight excluding hydrogens is 350 g/mol. The molecule has 4 nitrogen and oxygen atoms in total. The normalized spacial score (nSPS) is 11.6. The number of hydrogen-bond acceptors (Lipinski definition) is 4. The Balaban J connectivity index is 1.94. The molecule has 0 N–H and O–H groups in total. The highest BCUT2D eigenvalue weighted by Crippen LogP contribution is 2.25. The van der Waals surface area contributed by atoms with Crippen molar-refractivity contribution in [2.75, 3.05) is 7.11 Å². The van der Waals surface area contributed by atoms with Crippen molar-refractivity contribution in [1.82, 2.24) is 0 Å². The number of methoxy groups -OCH3 is 1. The predicted molar refractivity (Wildman–Crippen MR) is 110 cm³/mol. The molecule has 0 aliphatic carbocycles. The predicted octanol–water partition coefficient (Wildman–Crippen LogP) is 5.54. The molecule has 138 valence electrons. The summed E-state index contributed by atoms with van der Waals surface area (Å²) >= 11 is 0. The highest BCUT2D eigenvalue weighted by atomic mass is 16.5. The Morgan fingerprint density at radius 1 is 0.929 bits per heavy atom. The number of carbonyl (C=O) groups excluding carboxylic acids is 1. The molecule has 1 aromatic heterocycles. The molecule has 0 unspecified atom stereocenters. The third-order valence-electron chi connectivity index (χ3n) is 4.53. The Kier molecular flexibility index (Phi) is 4.77. The van der Waals surface area contributed by atoms with Gasteiger partial charge in [0.2, 0.25) is 0 Å². The molecule has 0 fully saturated rings. The molecule has 4 aromatic rings. The van der Waals surface area contributed by atoms with Crippen LogP contribution in [0.4, 0.5) is 5.69 Å². The van der Waals surface area contributed by atoms with Gasteiger partial charge >= 0.3 is 0 Å². The molecule has 1 heterocycles. The van der Waals surface area contributed by atoms with Crippen molar-refractivity contribution in [3.8, 4) is 17.1 Å². The molecule has 0 atom stereocenters. The molecular formula is C24H19NO3. The molecule has 0 spiro atoms. The van der Waals surface area contributed by atoms with Gasteiger partial charge in [-0.25, -0.2) is 4.99 Å². The van der Waals surface area contributed by atoms with Crippen LogP contribution in [-0.2, 0) is 0 Å². The Bertz CT molecular complexity index is 1210. The number of ether oxygens (including phenoxy) is 1. The molecule has 4 rings (SSSR count). The summed E-state index contributed by atoms with van der Waals surface area (Å²) in [6.45, 7) is 1.55. The van der Waals surface area contributed by atoms with E-state index >= 15 is 0 Å².